The first-order valence-corrected chi connectivity index (χ1v) is 18.0. The molecule has 0 aliphatic heterocycles. The van der Waals surface area contributed by atoms with Gasteiger partial charge in [0, 0.05) is 16.5 Å². The Hall–Kier alpha value is -7.46. The predicted octanol–water partition coefficient (Wildman–Crippen LogP) is 11.1. The first kappa shape index (κ1) is 31.1. The number of rotatable bonds is 6. The number of hydrogen-bond acceptors (Lipinski definition) is 10. The van der Waals surface area contributed by atoms with Gasteiger partial charge in [-0.2, -0.15) is 0 Å². The molecule has 1 aliphatic carbocycles. The Kier molecular flexibility index (Phi) is 6.66. The van der Waals surface area contributed by atoms with Gasteiger partial charge in [-0.1, -0.05) is 117 Å². The van der Waals surface area contributed by atoms with Gasteiger partial charge in [-0.05, 0) is 112 Å². The van der Waals surface area contributed by atoms with Crippen molar-refractivity contribution in [1.82, 2.24) is 30.9 Å². The molecule has 0 radical (unpaired) electrons. The van der Waals surface area contributed by atoms with Gasteiger partial charge < -0.3 is 4.90 Å². The van der Waals surface area contributed by atoms with Crippen LogP contribution >= 0.6 is 0 Å². The highest BCUT2D eigenvalue weighted by Gasteiger charge is 2.36. The summed E-state index contributed by atoms with van der Waals surface area (Å²) in [7, 11) is 0. The summed E-state index contributed by atoms with van der Waals surface area (Å²) in [5.41, 5.74) is 16.9. The zero-order chi connectivity index (χ0) is 36.7. The van der Waals surface area contributed by atoms with Gasteiger partial charge in [0.2, 0.25) is 0 Å². The van der Waals surface area contributed by atoms with E-state index in [0.29, 0.717) is 50.2 Å². The molecule has 3 heterocycles. The van der Waals surface area contributed by atoms with Gasteiger partial charge >= 0.3 is 0 Å². The van der Waals surface area contributed by atoms with E-state index < -0.39 is 0 Å². The highest BCUT2D eigenvalue weighted by atomic mass is 16.6. The first-order chi connectivity index (χ1) is 27.1. The van der Waals surface area contributed by atoms with Gasteiger partial charge in [-0.3, -0.25) is 0 Å². The van der Waals surface area contributed by atoms with Crippen LogP contribution in [0.15, 0.2) is 153 Å². The van der Waals surface area contributed by atoms with Gasteiger partial charge in [-0.15, -0.1) is 0 Å². The topological polar surface area (TPSA) is 120 Å². The molecule has 1 aliphatic rings. The van der Waals surface area contributed by atoms with Crippen LogP contribution in [0.1, 0.15) is 25.0 Å². The molecule has 55 heavy (non-hydrogen) atoms. The number of benzene rings is 7. The molecule has 0 bridgehead atoms. The molecule has 0 amide bonds. The summed E-state index contributed by atoms with van der Waals surface area (Å²) in [6.45, 7) is 4.61. The van der Waals surface area contributed by atoms with E-state index in [1.165, 1.54) is 27.8 Å². The fraction of sp³-hybridized carbons (Fsp3) is 0.0667. The van der Waals surface area contributed by atoms with Crippen molar-refractivity contribution in [3.63, 3.8) is 0 Å². The summed E-state index contributed by atoms with van der Waals surface area (Å²) in [6.07, 6.45) is 0. The standard InChI is InChI=1S/C45H29N7O3/c1-45(2)33-14-7-6-12-32(33)39-29(13-8-15-34(39)45)27-18-20-28(21-19-27)31-23-25-38(44-41(31)48-55-51-44)52(36-17-9-16-35-42(36)49-53-46-35)37-24-22-30(26-10-4-3-5-11-26)40-43(37)50-54-47-40/h3-25H,1-2H3. The molecule has 10 heteroatoms. The average Bonchev–Trinajstić information content (AvgIpc) is 4.06. The summed E-state index contributed by atoms with van der Waals surface area (Å²) in [5.74, 6) is 0. The average molecular weight is 716 g/mol. The lowest BCUT2D eigenvalue weighted by Gasteiger charge is -2.25. The number of anilines is 3. The van der Waals surface area contributed by atoms with Crippen LogP contribution in [0, 0.1) is 0 Å². The van der Waals surface area contributed by atoms with E-state index in [1.54, 1.807) is 0 Å². The Bertz CT molecular complexity index is 3090. The van der Waals surface area contributed by atoms with Crippen LogP contribution in [0.3, 0.4) is 0 Å². The molecule has 0 spiro atoms. The lowest BCUT2D eigenvalue weighted by molar-refractivity contribution is 0.315. The molecular weight excluding hydrogens is 687 g/mol. The predicted molar refractivity (Wildman–Crippen MR) is 211 cm³/mol. The molecule has 0 atom stereocenters. The van der Waals surface area contributed by atoms with Crippen LogP contribution in [-0.4, -0.2) is 30.9 Å². The van der Waals surface area contributed by atoms with Gasteiger partial charge in [-0.25, -0.2) is 13.9 Å². The van der Waals surface area contributed by atoms with Crippen molar-refractivity contribution >= 4 is 50.2 Å². The minimum Gasteiger partial charge on any atom is -0.303 e. The largest absolute Gasteiger partial charge is 0.303 e. The van der Waals surface area contributed by atoms with E-state index in [-0.39, 0.29) is 5.41 Å². The summed E-state index contributed by atoms with van der Waals surface area (Å²) >= 11 is 0. The molecule has 7 aromatic carbocycles. The third-order valence-electron chi connectivity index (χ3n) is 11.0. The minimum atomic E-state index is -0.0708. The third-order valence-corrected chi connectivity index (χ3v) is 11.0. The maximum atomic E-state index is 5.49. The maximum Gasteiger partial charge on any atom is 0.159 e. The fourth-order valence-corrected chi connectivity index (χ4v) is 8.34. The molecule has 3 aromatic heterocycles. The zero-order valence-electron chi connectivity index (χ0n) is 29.6. The summed E-state index contributed by atoms with van der Waals surface area (Å²) in [4.78, 5) is 2.00. The second kappa shape index (κ2) is 11.8. The summed E-state index contributed by atoms with van der Waals surface area (Å²) in [5, 5.41) is 26.1. The van der Waals surface area contributed by atoms with Crippen LogP contribution in [-0.2, 0) is 5.41 Å². The van der Waals surface area contributed by atoms with Crippen molar-refractivity contribution in [1.29, 1.82) is 0 Å². The van der Waals surface area contributed by atoms with Crippen LogP contribution in [0.4, 0.5) is 17.1 Å². The molecule has 0 fully saturated rings. The Labute approximate surface area is 313 Å². The molecule has 10 nitrogen and oxygen atoms in total. The minimum absolute atomic E-state index is 0.0708. The smallest absolute Gasteiger partial charge is 0.159 e. The molecule has 0 saturated heterocycles. The van der Waals surface area contributed by atoms with E-state index in [0.717, 1.165) is 27.8 Å². The third kappa shape index (κ3) is 4.61. The normalized spacial score (nSPS) is 13.1. The van der Waals surface area contributed by atoms with E-state index in [9.17, 15) is 0 Å². The molecule has 0 unspecified atom stereocenters. The lowest BCUT2D eigenvalue weighted by atomic mass is 9.82. The summed E-state index contributed by atoms with van der Waals surface area (Å²) in [6, 6.07) is 47.8. The molecule has 262 valence electrons. The van der Waals surface area contributed by atoms with E-state index in [1.807, 2.05) is 77.7 Å². The van der Waals surface area contributed by atoms with Crippen LogP contribution in [0.5, 0.6) is 0 Å². The molecule has 11 rings (SSSR count). The first-order valence-electron chi connectivity index (χ1n) is 18.0. The fourth-order valence-electron chi connectivity index (χ4n) is 8.34. The van der Waals surface area contributed by atoms with Crippen molar-refractivity contribution in [2.45, 2.75) is 19.3 Å². The van der Waals surface area contributed by atoms with Crippen molar-refractivity contribution in [3.8, 4) is 44.5 Å². The van der Waals surface area contributed by atoms with Crippen molar-refractivity contribution in [2.75, 3.05) is 4.90 Å². The van der Waals surface area contributed by atoms with Crippen LogP contribution in [0.25, 0.3) is 77.6 Å². The van der Waals surface area contributed by atoms with Crippen molar-refractivity contribution in [2.24, 2.45) is 0 Å². The van der Waals surface area contributed by atoms with E-state index in [2.05, 4.69) is 112 Å². The molecule has 0 N–H and O–H groups in total. The monoisotopic (exact) mass is 715 g/mol. The van der Waals surface area contributed by atoms with Crippen molar-refractivity contribution in [3.05, 3.63) is 151 Å². The lowest BCUT2D eigenvalue weighted by Crippen LogP contribution is -2.14. The number of fused-ring (bicyclic) bond motifs is 6. The van der Waals surface area contributed by atoms with Gasteiger partial charge in [0.05, 0.1) is 17.1 Å². The Balaban J connectivity index is 1.05. The SMILES string of the molecule is CC1(C)c2ccccc2-c2c(-c3ccc(-c4ccc(N(c5cccc6nonc56)c5ccc(-c6ccccc6)c6nonc56)c5nonc45)cc3)cccc21. The highest BCUT2D eigenvalue weighted by Crippen LogP contribution is 2.52. The molecular formula is C45H29N7O3. The highest BCUT2D eigenvalue weighted by molar-refractivity contribution is 6.09. The van der Waals surface area contributed by atoms with Crippen LogP contribution < -0.4 is 4.90 Å². The quantitative estimate of drug-likeness (QED) is 0.164. The maximum absolute atomic E-state index is 5.49. The Morgan fingerprint density at radius 1 is 0.382 bits per heavy atom. The number of hydrogen-bond donors (Lipinski definition) is 0. The van der Waals surface area contributed by atoms with Gasteiger partial charge in [0.25, 0.3) is 0 Å². The zero-order valence-corrected chi connectivity index (χ0v) is 29.6. The van der Waals surface area contributed by atoms with Gasteiger partial charge in [0.1, 0.15) is 16.6 Å². The Morgan fingerprint density at radius 3 is 1.60 bits per heavy atom. The van der Waals surface area contributed by atoms with Gasteiger partial charge in [0.15, 0.2) is 16.6 Å². The number of aromatic nitrogens is 6. The second-order valence-electron chi connectivity index (χ2n) is 14.3. The Morgan fingerprint density at radius 2 is 0.891 bits per heavy atom. The second-order valence-corrected chi connectivity index (χ2v) is 14.3. The van der Waals surface area contributed by atoms with Crippen LogP contribution in [0.2, 0.25) is 0 Å². The van der Waals surface area contributed by atoms with E-state index in [4.69, 9.17) is 13.9 Å². The van der Waals surface area contributed by atoms with Crippen molar-refractivity contribution < 1.29 is 13.9 Å². The molecule has 10 aromatic rings. The molecule has 0 saturated carbocycles. The number of nitrogens with zero attached hydrogens (tertiary/aromatic N) is 7. The van der Waals surface area contributed by atoms with E-state index >= 15 is 0 Å². The summed E-state index contributed by atoms with van der Waals surface area (Å²) < 4.78 is 16.1.